The van der Waals surface area contributed by atoms with E-state index in [1.54, 1.807) is 4.68 Å². The third-order valence-electron chi connectivity index (χ3n) is 2.31. The minimum absolute atomic E-state index is 0.205. The van der Waals surface area contributed by atoms with E-state index in [0.717, 1.165) is 20.8 Å². The van der Waals surface area contributed by atoms with Gasteiger partial charge >= 0.3 is 0 Å². The van der Waals surface area contributed by atoms with Crippen LogP contribution in [0.25, 0.3) is 0 Å². The monoisotopic (exact) mass is 377 g/mol. The Morgan fingerprint density at radius 1 is 1.47 bits per heavy atom. The molecule has 6 heteroatoms. The normalized spacial score (nSPS) is 12.7. The lowest BCUT2D eigenvalue weighted by atomic mass is 10.2. The first-order valence-corrected chi connectivity index (χ1v) is 7.13. The molecule has 90 valence electrons. The molecule has 0 aliphatic carbocycles. The molecule has 2 aromatic rings. The van der Waals surface area contributed by atoms with Crippen molar-refractivity contribution in [3.63, 3.8) is 0 Å². The van der Waals surface area contributed by atoms with Gasteiger partial charge in [0.1, 0.15) is 0 Å². The van der Waals surface area contributed by atoms with Crippen LogP contribution < -0.4 is 0 Å². The van der Waals surface area contributed by atoms with Gasteiger partial charge in [-0.3, -0.25) is 0 Å². The zero-order valence-corrected chi connectivity index (χ0v) is 13.0. The van der Waals surface area contributed by atoms with Gasteiger partial charge < -0.3 is 0 Å². The van der Waals surface area contributed by atoms with E-state index in [1.807, 2.05) is 31.3 Å². The molecule has 1 aromatic carbocycles. The Kier molecular flexibility index (Phi) is 4.22. The zero-order valence-electron chi connectivity index (χ0n) is 9.07. The summed E-state index contributed by atoms with van der Waals surface area (Å²) in [5.74, 6) is 0. The Morgan fingerprint density at radius 2 is 2.24 bits per heavy atom. The summed E-state index contributed by atoms with van der Waals surface area (Å²) < 4.78 is 2.75. The smallest absolute Gasteiger partial charge is 0.0960 e. The van der Waals surface area contributed by atoms with Crippen molar-refractivity contribution < 1.29 is 0 Å². The molecule has 0 spiro atoms. The molecule has 2 rings (SSSR count). The van der Waals surface area contributed by atoms with Crippen LogP contribution in [0.15, 0.2) is 28.9 Å². The Labute approximate surface area is 121 Å². The van der Waals surface area contributed by atoms with Crippen LogP contribution in [-0.4, -0.2) is 15.0 Å². The summed E-state index contributed by atoms with van der Waals surface area (Å²) in [4.78, 5) is 0.205. The summed E-state index contributed by atoms with van der Waals surface area (Å²) in [7, 11) is 0. The fourth-order valence-corrected chi connectivity index (χ4v) is 2.34. The van der Waals surface area contributed by atoms with Gasteiger partial charge in [-0.15, -0.1) is 5.10 Å². The predicted molar refractivity (Wildman–Crippen MR) is 75.6 cm³/mol. The summed E-state index contributed by atoms with van der Waals surface area (Å²) in [5, 5.41) is 8.86. The number of benzene rings is 1. The van der Waals surface area contributed by atoms with E-state index in [0.29, 0.717) is 6.54 Å². The number of hydrogen-bond donors (Lipinski definition) is 0. The number of aromatic nitrogens is 3. The second kappa shape index (κ2) is 5.50. The van der Waals surface area contributed by atoms with Crippen molar-refractivity contribution in [2.75, 3.05) is 0 Å². The molecule has 17 heavy (non-hydrogen) atoms. The fourth-order valence-electron chi connectivity index (χ4n) is 1.40. The number of rotatable bonds is 3. The molecular formula is C11H10Br2ClN3. The second-order valence-corrected chi connectivity index (χ2v) is 6.39. The van der Waals surface area contributed by atoms with Crippen molar-refractivity contribution in [3.05, 3.63) is 45.1 Å². The Hall–Kier alpha value is -0.390. The number of nitrogens with zero attached hydrogens (tertiary/aromatic N) is 3. The van der Waals surface area contributed by atoms with Gasteiger partial charge in [-0.2, -0.15) is 0 Å². The molecular weight excluding hydrogens is 369 g/mol. The van der Waals surface area contributed by atoms with Crippen molar-refractivity contribution >= 4 is 43.5 Å². The van der Waals surface area contributed by atoms with Crippen molar-refractivity contribution in [3.8, 4) is 0 Å². The van der Waals surface area contributed by atoms with Gasteiger partial charge in [-0.25, -0.2) is 4.68 Å². The van der Waals surface area contributed by atoms with E-state index < -0.39 is 0 Å². The Morgan fingerprint density at radius 3 is 2.82 bits per heavy atom. The van der Waals surface area contributed by atoms with Crippen LogP contribution in [0, 0.1) is 0 Å². The number of halogens is 3. The van der Waals surface area contributed by atoms with Gasteiger partial charge in [0.2, 0.25) is 0 Å². The quantitative estimate of drug-likeness (QED) is 0.749. The molecule has 1 atom stereocenters. The van der Waals surface area contributed by atoms with Crippen LogP contribution in [-0.2, 0) is 6.54 Å². The van der Waals surface area contributed by atoms with Gasteiger partial charge in [0, 0.05) is 15.7 Å². The Bertz CT molecular complexity index is 525. The van der Waals surface area contributed by atoms with E-state index in [1.165, 1.54) is 0 Å². The van der Waals surface area contributed by atoms with E-state index in [2.05, 4.69) is 42.2 Å². The zero-order chi connectivity index (χ0) is 12.4. The topological polar surface area (TPSA) is 30.7 Å². The van der Waals surface area contributed by atoms with E-state index in [4.69, 9.17) is 11.6 Å². The maximum atomic E-state index is 6.15. The van der Waals surface area contributed by atoms with Gasteiger partial charge in [0.05, 0.1) is 17.1 Å². The third kappa shape index (κ3) is 3.30. The molecule has 1 aromatic heterocycles. The molecule has 0 N–H and O–H groups in total. The summed E-state index contributed by atoms with van der Waals surface area (Å²) in [6.45, 7) is 2.64. The summed E-state index contributed by atoms with van der Waals surface area (Å²) in [6.07, 6.45) is 1.91. The maximum Gasteiger partial charge on any atom is 0.0960 e. The summed E-state index contributed by atoms with van der Waals surface area (Å²) >= 11 is 13.0. The van der Waals surface area contributed by atoms with Gasteiger partial charge in [0.15, 0.2) is 0 Å². The molecule has 0 amide bonds. The first kappa shape index (κ1) is 13.1. The average molecular weight is 379 g/mol. The molecule has 0 fully saturated rings. The standard InChI is InChI=1S/C11H10Br2ClN3/c1-7(12)11-6-17(16-15-11)5-8-2-3-9(13)4-10(8)14/h2-4,6-7H,5H2,1H3. The summed E-state index contributed by atoms with van der Waals surface area (Å²) in [5.41, 5.74) is 1.94. The highest BCUT2D eigenvalue weighted by atomic mass is 79.9. The van der Waals surface area contributed by atoms with Gasteiger partial charge in [0.25, 0.3) is 0 Å². The van der Waals surface area contributed by atoms with E-state index >= 15 is 0 Å². The molecule has 3 nitrogen and oxygen atoms in total. The van der Waals surface area contributed by atoms with Gasteiger partial charge in [-0.05, 0) is 24.6 Å². The SMILES string of the molecule is CC(Br)c1cn(Cc2ccc(Br)cc2Cl)nn1. The first-order chi connectivity index (χ1) is 8.06. The van der Waals surface area contributed by atoms with E-state index in [-0.39, 0.29) is 4.83 Å². The van der Waals surface area contributed by atoms with Gasteiger partial charge in [-0.1, -0.05) is 54.7 Å². The lowest BCUT2D eigenvalue weighted by Crippen LogP contribution is -2.01. The van der Waals surface area contributed by atoms with Crippen LogP contribution in [0.4, 0.5) is 0 Å². The van der Waals surface area contributed by atoms with Crippen LogP contribution in [0.3, 0.4) is 0 Å². The minimum atomic E-state index is 0.205. The number of alkyl halides is 1. The first-order valence-electron chi connectivity index (χ1n) is 5.04. The molecule has 0 radical (unpaired) electrons. The van der Waals surface area contributed by atoms with Crippen molar-refractivity contribution in [2.24, 2.45) is 0 Å². The third-order valence-corrected chi connectivity index (χ3v) is 3.63. The van der Waals surface area contributed by atoms with Crippen molar-refractivity contribution in [1.82, 2.24) is 15.0 Å². The van der Waals surface area contributed by atoms with Crippen molar-refractivity contribution in [1.29, 1.82) is 0 Å². The highest BCUT2D eigenvalue weighted by molar-refractivity contribution is 9.10. The maximum absolute atomic E-state index is 6.15. The van der Waals surface area contributed by atoms with Crippen LogP contribution in [0.2, 0.25) is 5.02 Å². The highest BCUT2D eigenvalue weighted by Gasteiger charge is 2.08. The number of hydrogen-bond acceptors (Lipinski definition) is 2. The molecule has 1 unspecified atom stereocenters. The summed E-state index contributed by atoms with van der Waals surface area (Å²) in [6, 6.07) is 5.82. The van der Waals surface area contributed by atoms with Crippen LogP contribution >= 0.6 is 43.5 Å². The largest absolute Gasteiger partial charge is 0.248 e. The molecule has 0 saturated carbocycles. The molecule has 1 heterocycles. The lowest BCUT2D eigenvalue weighted by Gasteiger charge is -2.04. The van der Waals surface area contributed by atoms with Crippen LogP contribution in [0.1, 0.15) is 23.0 Å². The average Bonchev–Trinajstić information content (AvgIpc) is 2.71. The lowest BCUT2D eigenvalue weighted by molar-refractivity contribution is 0.649. The molecule has 0 bridgehead atoms. The second-order valence-electron chi connectivity index (χ2n) is 3.69. The molecule has 0 aliphatic heterocycles. The van der Waals surface area contributed by atoms with E-state index in [9.17, 15) is 0 Å². The van der Waals surface area contributed by atoms with Crippen LogP contribution in [0.5, 0.6) is 0 Å². The minimum Gasteiger partial charge on any atom is -0.248 e. The molecule has 0 saturated heterocycles. The van der Waals surface area contributed by atoms with Crippen molar-refractivity contribution in [2.45, 2.75) is 18.3 Å². The molecule has 0 aliphatic rings. The Balaban J connectivity index is 2.19. The predicted octanol–water partition coefficient (Wildman–Crippen LogP) is 4.20. The fraction of sp³-hybridized carbons (Fsp3) is 0.273. The highest BCUT2D eigenvalue weighted by Crippen LogP contribution is 2.23.